The molecule has 0 saturated heterocycles. The Bertz CT molecular complexity index is 232. The second-order valence-electron chi connectivity index (χ2n) is 6.77. The molecule has 2 heteroatoms. The maximum absolute atomic E-state index is 6.29. The highest BCUT2D eigenvalue weighted by Gasteiger charge is 2.42. The monoisotopic (exact) mass is 336 g/mol. The molecule has 0 atom stereocenters. The van der Waals surface area contributed by atoms with Crippen molar-refractivity contribution in [1.29, 1.82) is 0 Å². The molecule has 2 fully saturated rings. The molecular formula is C14H25IO. The van der Waals surface area contributed by atoms with E-state index in [2.05, 4.69) is 43.4 Å². The largest absolute Gasteiger partial charge is 0.371 e. The average Bonchev–Trinajstić information content (AvgIpc) is 3.01. The van der Waals surface area contributed by atoms with Crippen LogP contribution in [0.5, 0.6) is 0 Å². The van der Waals surface area contributed by atoms with E-state index >= 15 is 0 Å². The van der Waals surface area contributed by atoms with Gasteiger partial charge in [0.15, 0.2) is 0 Å². The highest BCUT2D eigenvalue weighted by atomic mass is 127. The second-order valence-corrected chi connectivity index (χ2v) is 7.54. The van der Waals surface area contributed by atoms with Gasteiger partial charge >= 0.3 is 0 Å². The summed E-state index contributed by atoms with van der Waals surface area (Å²) in [5.41, 5.74) is 0.723. The van der Waals surface area contributed by atoms with Crippen LogP contribution in [0.25, 0.3) is 0 Å². The summed E-state index contributed by atoms with van der Waals surface area (Å²) in [4.78, 5) is 0. The van der Waals surface area contributed by atoms with Crippen LogP contribution in [0.15, 0.2) is 0 Å². The molecule has 0 heterocycles. The van der Waals surface area contributed by atoms with Crippen molar-refractivity contribution < 1.29 is 4.74 Å². The van der Waals surface area contributed by atoms with E-state index in [-0.39, 0.29) is 5.60 Å². The number of rotatable bonds is 3. The summed E-state index contributed by atoms with van der Waals surface area (Å²) in [6, 6.07) is 0. The van der Waals surface area contributed by atoms with Gasteiger partial charge in [0, 0.05) is 4.43 Å². The van der Waals surface area contributed by atoms with Crippen LogP contribution in [-0.4, -0.2) is 16.1 Å². The molecule has 0 radical (unpaired) electrons. The molecule has 0 unspecified atom stereocenters. The van der Waals surface area contributed by atoms with Crippen LogP contribution in [0.3, 0.4) is 0 Å². The Morgan fingerprint density at radius 2 is 1.69 bits per heavy atom. The van der Waals surface area contributed by atoms with Gasteiger partial charge in [-0.15, -0.1) is 0 Å². The summed E-state index contributed by atoms with van der Waals surface area (Å²) in [5.74, 6) is 0.895. The summed E-state index contributed by atoms with van der Waals surface area (Å²) >= 11 is 2.52. The maximum atomic E-state index is 6.29. The maximum Gasteiger partial charge on any atom is 0.0775 e. The van der Waals surface area contributed by atoms with Crippen LogP contribution < -0.4 is 0 Å². The van der Waals surface area contributed by atoms with Crippen molar-refractivity contribution >= 4 is 22.6 Å². The Hall–Kier alpha value is 0.690. The van der Waals surface area contributed by atoms with E-state index in [1.165, 1.54) is 43.0 Å². The highest BCUT2D eigenvalue weighted by Crippen LogP contribution is 2.45. The van der Waals surface area contributed by atoms with Crippen LogP contribution in [-0.2, 0) is 4.74 Å². The van der Waals surface area contributed by atoms with Crippen molar-refractivity contribution in [3.63, 3.8) is 0 Å². The van der Waals surface area contributed by atoms with Gasteiger partial charge in [0.25, 0.3) is 0 Å². The lowest BCUT2D eigenvalue weighted by Crippen LogP contribution is -2.41. The summed E-state index contributed by atoms with van der Waals surface area (Å²) in [6.45, 7) is 7.16. The van der Waals surface area contributed by atoms with E-state index in [0.29, 0.717) is 11.5 Å². The molecule has 0 aromatic carbocycles. The summed E-state index contributed by atoms with van der Waals surface area (Å²) < 4.78 is 7.47. The molecule has 0 aromatic rings. The van der Waals surface area contributed by atoms with Crippen LogP contribution in [0.4, 0.5) is 0 Å². The first-order valence-electron chi connectivity index (χ1n) is 6.69. The molecule has 2 rings (SSSR count). The Balaban J connectivity index is 1.90. The van der Waals surface area contributed by atoms with Gasteiger partial charge in [-0.2, -0.15) is 0 Å². The third kappa shape index (κ3) is 3.12. The fourth-order valence-corrected chi connectivity index (χ4v) is 3.77. The fourth-order valence-electron chi connectivity index (χ4n) is 2.83. The predicted octanol–water partition coefficient (Wildman–Crippen LogP) is 4.58. The Labute approximate surface area is 114 Å². The van der Waals surface area contributed by atoms with Crippen LogP contribution in [0, 0.1) is 11.3 Å². The Morgan fingerprint density at radius 3 is 2.06 bits per heavy atom. The second kappa shape index (κ2) is 4.75. The molecule has 2 aliphatic carbocycles. The summed E-state index contributed by atoms with van der Waals surface area (Å²) in [5, 5.41) is 0. The van der Waals surface area contributed by atoms with Gasteiger partial charge in [0.1, 0.15) is 0 Å². The number of alkyl halides is 1. The smallest absolute Gasteiger partial charge is 0.0775 e. The molecule has 16 heavy (non-hydrogen) atoms. The van der Waals surface area contributed by atoms with Gasteiger partial charge in [-0.25, -0.2) is 0 Å². The van der Waals surface area contributed by atoms with Gasteiger partial charge in [0.05, 0.1) is 11.7 Å². The van der Waals surface area contributed by atoms with Crippen molar-refractivity contribution in [2.24, 2.45) is 11.3 Å². The molecule has 0 N–H and O–H groups in total. The molecule has 0 bridgehead atoms. The molecule has 2 saturated carbocycles. The Kier molecular flexibility index (Phi) is 3.90. The third-order valence-electron chi connectivity index (χ3n) is 4.31. The molecular weight excluding hydrogens is 311 g/mol. The minimum atomic E-state index is 0.240. The van der Waals surface area contributed by atoms with Crippen molar-refractivity contribution in [1.82, 2.24) is 0 Å². The lowest BCUT2D eigenvalue weighted by Gasteiger charge is -2.43. The topological polar surface area (TPSA) is 9.23 Å². The average molecular weight is 336 g/mol. The molecule has 0 aliphatic heterocycles. The van der Waals surface area contributed by atoms with E-state index in [0.717, 1.165) is 5.92 Å². The third-order valence-corrected chi connectivity index (χ3v) is 5.70. The quantitative estimate of drug-likeness (QED) is 0.542. The van der Waals surface area contributed by atoms with Crippen molar-refractivity contribution in [2.45, 2.75) is 71.0 Å². The number of halogens is 1. The lowest BCUT2D eigenvalue weighted by atomic mass is 9.69. The zero-order valence-electron chi connectivity index (χ0n) is 10.9. The minimum Gasteiger partial charge on any atom is -0.371 e. The molecule has 0 amide bonds. The first-order chi connectivity index (χ1) is 7.45. The van der Waals surface area contributed by atoms with Gasteiger partial charge in [-0.3, -0.25) is 0 Å². The summed E-state index contributed by atoms with van der Waals surface area (Å²) in [6.07, 6.45) is 8.52. The van der Waals surface area contributed by atoms with Crippen LogP contribution in [0.1, 0.15) is 59.3 Å². The van der Waals surface area contributed by atoms with E-state index in [1.807, 2.05) is 0 Å². The van der Waals surface area contributed by atoms with Gasteiger partial charge < -0.3 is 4.74 Å². The van der Waals surface area contributed by atoms with E-state index < -0.39 is 0 Å². The zero-order valence-corrected chi connectivity index (χ0v) is 13.0. The van der Waals surface area contributed by atoms with Crippen molar-refractivity contribution in [3.05, 3.63) is 0 Å². The minimum absolute atomic E-state index is 0.240. The van der Waals surface area contributed by atoms with E-state index in [1.54, 1.807) is 0 Å². The predicted molar refractivity (Wildman–Crippen MR) is 77.1 cm³/mol. The SMILES string of the molecule is CC(C)(C)C1CCC(CI)(OC2CC2)CC1. The van der Waals surface area contributed by atoms with Gasteiger partial charge in [-0.1, -0.05) is 43.4 Å². The number of hydrogen-bond acceptors (Lipinski definition) is 1. The lowest BCUT2D eigenvalue weighted by molar-refractivity contribution is -0.0770. The summed E-state index contributed by atoms with van der Waals surface area (Å²) in [7, 11) is 0. The number of hydrogen-bond donors (Lipinski definition) is 0. The van der Waals surface area contributed by atoms with Gasteiger partial charge in [-0.05, 0) is 49.9 Å². The highest BCUT2D eigenvalue weighted by molar-refractivity contribution is 14.1. The van der Waals surface area contributed by atoms with Crippen LogP contribution >= 0.6 is 22.6 Å². The fraction of sp³-hybridized carbons (Fsp3) is 1.00. The van der Waals surface area contributed by atoms with E-state index in [9.17, 15) is 0 Å². The number of ether oxygens (including phenoxy) is 1. The first-order valence-corrected chi connectivity index (χ1v) is 8.21. The molecule has 94 valence electrons. The normalized spacial score (nSPS) is 36.4. The first kappa shape index (κ1) is 13.1. The van der Waals surface area contributed by atoms with Crippen molar-refractivity contribution in [3.8, 4) is 0 Å². The Morgan fingerprint density at radius 1 is 1.12 bits per heavy atom. The molecule has 2 aliphatic rings. The molecule has 0 aromatic heterocycles. The molecule has 1 nitrogen and oxygen atoms in total. The van der Waals surface area contributed by atoms with Crippen LogP contribution in [0.2, 0.25) is 0 Å². The van der Waals surface area contributed by atoms with E-state index in [4.69, 9.17) is 4.74 Å². The van der Waals surface area contributed by atoms with Crippen molar-refractivity contribution in [2.75, 3.05) is 4.43 Å². The standard InChI is InChI=1S/C14H25IO/c1-13(2,3)11-6-8-14(10-15,9-7-11)16-12-4-5-12/h11-12H,4-10H2,1-3H3. The molecule has 0 spiro atoms. The zero-order chi connectivity index (χ0) is 11.8. The van der Waals surface area contributed by atoms with Gasteiger partial charge in [0.2, 0.25) is 0 Å².